The predicted molar refractivity (Wildman–Crippen MR) is 106 cm³/mol. The van der Waals surface area contributed by atoms with Crippen molar-refractivity contribution in [2.45, 2.75) is 57.4 Å². The van der Waals surface area contributed by atoms with E-state index in [0.29, 0.717) is 11.5 Å². The molecule has 1 saturated carbocycles. The number of ether oxygens (including phenoxy) is 1. The standard InChI is InChI=1S/C22H32N2O3/c1-27-20-9-7-18(8-10-20)21(25)11-12-22(26)23-15-17-13-14-24(16-17)19-5-3-2-4-6-19/h7-10,17,19H,2-6,11-16H2,1H3,(H,23,26). The van der Waals surface area contributed by atoms with E-state index in [4.69, 9.17) is 4.74 Å². The Morgan fingerprint density at radius 2 is 1.81 bits per heavy atom. The van der Waals surface area contributed by atoms with E-state index < -0.39 is 0 Å². The normalized spacial score (nSPS) is 21.1. The third kappa shape index (κ3) is 5.80. The third-order valence-corrected chi connectivity index (χ3v) is 5.99. The quantitative estimate of drug-likeness (QED) is 0.710. The van der Waals surface area contributed by atoms with E-state index in [1.54, 1.807) is 31.4 Å². The lowest BCUT2D eigenvalue weighted by atomic mass is 9.94. The van der Waals surface area contributed by atoms with Gasteiger partial charge in [-0.1, -0.05) is 19.3 Å². The van der Waals surface area contributed by atoms with Gasteiger partial charge in [-0.2, -0.15) is 0 Å². The second kappa shape index (κ2) is 9.88. The van der Waals surface area contributed by atoms with E-state index in [9.17, 15) is 9.59 Å². The van der Waals surface area contributed by atoms with Crippen LogP contribution < -0.4 is 10.1 Å². The van der Waals surface area contributed by atoms with Crippen LogP contribution >= 0.6 is 0 Å². The Morgan fingerprint density at radius 3 is 2.52 bits per heavy atom. The van der Waals surface area contributed by atoms with E-state index in [0.717, 1.165) is 24.9 Å². The Kier molecular flexibility index (Phi) is 7.27. The van der Waals surface area contributed by atoms with Gasteiger partial charge in [0.15, 0.2) is 5.78 Å². The maximum Gasteiger partial charge on any atom is 0.220 e. The van der Waals surface area contributed by atoms with Gasteiger partial charge in [0.25, 0.3) is 0 Å². The number of hydrogen-bond donors (Lipinski definition) is 1. The Morgan fingerprint density at radius 1 is 1.07 bits per heavy atom. The van der Waals surface area contributed by atoms with Crippen LogP contribution in [0.3, 0.4) is 0 Å². The van der Waals surface area contributed by atoms with Crippen LogP contribution in [0.2, 0.25) is 0 Å². The fraction of sp³-hybridized carbons (Fsp3) is 0.636. The van der Waals surface area contributed by atoms with Gasteiger partial charge >= 0.3 is 0 Å². The molecule has 1 N–H and O–H groups in total. The zero-order valence-electron chi connectivity index (χ0n) is 16.4. The minimum absolute atomic E-state index is 0.00265. The van der Waals surface area contributed by atoms with Gasteiger partial charge < -0.3 is 15.0 Å². The van der Waals surface area contributed by atoms with Crippen molar-refractivity contribution in [3.05, 3.63) is 29.8 Å². The molecule has 1 aromatic carbocycles. The molecule has 0 aromatic heterocycles. The SMILES string of the molecule is COc1ccc(C(=O)CCC(=O)NCC2CCN(C3CCCCC3)C2)cc1. The van der Waals surface area contributed by atoms with Gasteiger partial charge in [0.2, 0.25) is 5.91 Å². The highest BCUT2D eigenvalue weighted by Crippen LogP contribution is 2.27. The lowest BCUT2D eigenvalue weighted by Crippen LogP contribution is -2.36. The van der Waals surface area contributed by atoms with Crippen LogP contribution in [-0.2, 0) is 4.79 Å². The lowest BCUT2D eigenvalue weighted by molar-refractivity contribution is -0.121. The average molecular weight is 373 g/mol. The fourth-order valence-corrected chi connectivity index (χ4v) is 4.30. The summed E-state index contributed by atoms with van der Waals surface area (Å²) in [5.41, 5.74) is 0.627. The Hall–Kier alpha value is -1.88. The summed E-state index contributed by atoms with van der Waals surface area (Å²) >= 11 is 0. The van der Waals surface area contributed by atoms with Gasteiger partial charge in [-0.15, -0.1) is 0 Å². The highest BCUT2D eigenvalue weighted by atomic mass is 16.5. The molecule has 1 heterocycles. The van der Waals surface area contributed by atoms with Crippen molar-refractivity contribution in [2.24, 2.45) is 5.92 Å². The number of hydrogen-bond acceptors (Lipinski definition) is 4. The molecule has 1 aliphatic carbocycles. The molecule has 1 aromatic rings. The van der Waals surface area contributed by atoms with Crippen molar-refractivity contribution in [2.75, 3.05) is 26.7 Å². The molecule has 1 aliphatic heterocycles. The number of Topliss-reactive ketones (excluding diaryl/α,β-unsaturated/α-hetero) is 1. The molecule has 5 nitrogen and oxygen atoms in total. The lowest BCUT2D eigenvalue weighted by Gasteiger charge is -2.31. The molecular formula is C22H32N2O3. The van der Waals surface area contributed by atoms with Gasteiger partial charge in [-0.05, 0) is 56.0 Å². The fourth-order valence-electron chi connectivity index (χ4n) is 4.30. The number of nitrogens with zero attached hydrogens (tertiary/aromatic N) is 1. The average Bonchev–Trinajstić information content (AvgIpc) is 3.20. The van der Waals surface area contributed by atoms with E-state index >= 15 is 0 Å². The molecule has 0 radical (unpaired) electrons. The van der Waals surface area contributed by atoms with E-state index in [1.807, 2.05) is 0 Å². The largest absolute Gasteiger partial charge is 0.497 e. The third-order valence-electron chi connectivity index (χ3n) is 5.99. The summed E-state index contributed by atoms with van der Waals surface area (Å²) in [5.74, 6) is 1.25. The van der Waals surface area contributed by atoms with Crippen LogP contribution in [0, 0.1) is 5.92 Å². The van der Waals surface area contributed by atoms with E-state index in [-0.39, 0.29) is 24.5 Å². The number of likely N-dealkylation sites (tertiary alicyclic amines) is 1. The summed E-state index contributed by atoms with van der Waals surface area (Å²) in [5, 5.41) is 3.04. The number of methoxy groups -OCH3 is 1. The van der Waals surface area contributed by atoms with Crippen molar-refractivity contribution in [3.63, 3.8) is 0 Å². The molecule has 0 spiro atoms. The smallest absolute Gasteiger partial charge is 0.220 e. The monoisotopic (exact) mass is 372 g/mol. The number of benzene rings is 1. The molecule has 2 aliphatic rings. The zero-order valence-corrected chi connectivity index (χ0v) is 16.4. The molecule has 3 rings (SSSR count). The minimum atomic E-state index is -0.0204. The van der Waals surface area contributed by atoms with Crippen LogP contribution in [0.4, 0.5) is 0 Å². The van der Waals surface area contributed by atoms with Crippen molar-refractivity contribution < 1.29 is 14.3 Å². The Bertz CT molecular complexity index is 623. The van der Waals surface area contributed by atoms with E-state index in [2.05, 4.69) is 10.2 Å². The van der Waals surface area contributed by atoms with Gasteiger partial charge in [0, 0.05) is 37.5 Å². The first-order chi connectivity index (χ1) is 13.2. The summed E-state index contributed by atoms with van der Waals surface area (Å²) in [6.07, 6.45) is 8.47. The van der Waals surface area contributed by atoms with E-state index in [1.165, 1.54) is 45.1 Å². The molecule has 0 bridgehead atoms. The summed E-state index contributed by atoms with van der Waals surface area (Å²) < 4.78 is 5.10. The molecule has 2 fully saturated rings. The molecule has 148 valence electrons. The van der Waals surface area contributed by atoms with Crippen LogP contribution in [-0.4, -0.2) is 49.4 Å². The Balaban J connectivity index is 1.34. The zero-order chi connectivity index (χ0) is 19.1. The van der Waals surface area contributed by atoms with Gasteiger partial charge in [0.05, 0.1) is 7.11 Å². The summed E-state index contributed by atoms with van der Waals surface area (Å²) in [4.78, 5) is 27.0. The van der Waals surface area contributed by atoms with Crippen LogP contribution in [0.15, 0.2) is 24.3 Å². The summed E-state index contributed by atoms with van der Waals surface area (Å²) in [6, 6.07) is 7.80. The molecule has 1 atom stereocenters. The highest BCUT2D eigenvalue weighted by Gasteiger charge is 2.29. The number of carbonyl (C=O) groups is 2. The van der Waals surface area contributed by atoms with Crippen LogP contribution in [0.5, 0.6) is 5.75 Å². The maximum absolute atomic E-state index is 12.2. The van der Waals surface area contributed by atoms with Crippen molar-refractivity contribution in [3.8, 4) is 5.75 Å². The number of amides is 1. The molecule has 1 amide bonds. The molecule has 27 heavy (non-hydrogen) atoms. The number of carbonyl (C=O) groups excluding carboxylic acids is 2. The van der Waals surface area contributed by atoms with Crippen molar-refractivity contribution in [1.82, 2.24) is 10.2 Å². The highest BCUT2D eigenvalue weighted by molar-refractivity contribution is 5.98. The summed E-state index contributed by atoms with van der Waals surface area (Å²) in [7, 11) is 1.60. The van der Waals surface area contributed by atoms with Gasteiger partial charge in [-0.3, -0.25) is 9.59 Å². The Labute approximate surface area is 162 Å². The molecule has 1 saturated heterocycles. The summed E-state index contributed by atoms with van der Waals surface area (Å²) in [6.45, 7) is 3.01. The number of nitrogens with one attached hydrogen (secondary N) is 1. The number of rotatable bonds is 8. The predicted octanol–water partition coefficient (Wildman–Crippen LogP) is 3.43. The first kappa shape index (κ1) is 19.9. The van der Waals surface area contributed by atoms with Crippen molar-refractivity contribution in [1.29, 1.82) is 0 Å². The number of ketones is 1. The molecular weight excluding hydrogens is 340 g/mol. The van der Waals surface area contributed by atoms with Crippen LogP contribution in [0.25, 0.3) is 0 Å². The van der Waals surface area contributed by atoms with Crippen LogP contribution in [0.1, 0.15) is 61.7 Å². The first-order valence-electron chi connectivity index (χ1n) is 10.3. The van der Waals surface area contributed by atoms with Crippen molar-refractivity contribution >= 4 is 11.7 Å². The molecule has 1 unspecified atom stereocenters. The second-order valence-electron chi connectivity index (χ2n) is 7.90. The molecule has 5 heteroatoms. The van der Waals surface area contributed by atoms with Gasteiger partial charge in [-0.25, -0.2) is 0 Å². The minimum Gasteiger partial charge on any atom is -0.497 e. The second-order valence-corrected chi connectivity index (χ2v) is 7.90. The van der Waals surface area contributed by atoms with Gasteiger partial charge in [0.1, 0.15) is 5.75 Å². The maximum atomic E-state index is 12.2. The first-order valence-corrected chi connectivity index (χ1v) is 10.3. The topological polar surface area (TPSA) is 58.6 Å².